The second-order valence-electron chi connectivity index (χ2n) is 7.13. The molecule has 2 aromatic carbocycles. The molecule has 0 spiro atoms. The average molecular weight is 399 g/mol. The third-order valence-corrected chi connectivity index (χ3v) is 5.97. The minimum Gasteiger partial charge on any atom is -0.744 e. The molecule has 0 heterocycles. The number of unbranched alkanes of at least 4 members (excludes halogenated alkanes) is 6. The normalized spacial score (nSPS) is 11.5. The molecule has 0 fully saturated rings. The molecule has 0 aliphatic rings. The maximum atomic E-state index is 12.0. The van der Waals surface area contributed by atoms with E-state index < -0.39 is 10.1 Å². The van der Waals surface area contributed by atoms with Crippen LogP contribution in [0.4, 0.5) is 0 Å². The van der Waals surface area contributed by atoms with Crippen LogP contribution >= 0.6 is 0 Å². The van der Waals surface area contributed by atoms with Gasteiger partial charge in [0.15, 0.2) is 0 Å². The van der Waals surface area contributed by atoms with E-state index in [-0.39, 0.29) is 34.5 Å². The van der Waals surface area contributed by atoms with Gasteiger partial charge in [-0.25, -0.2) is 8.42 Å². The summed E-state index contributed by atoms with van der Waals surface area (Å²) in [6, 6.07) is 9.43. The maximum Gasteiger partial charge on any atom is 1.00 e. The molecule has 0 atom stereocenters. The van der Waals surface area contributed by atoms with Crippen LogP contribution in [-0.2, 0) is 23.0 Å². The molecule has 0 aliphatic carbocycles. The SMILES string of the molecule is CCCCCCc1c(S(=O)(=O)[O-])cc2ccccc2c1CCCCCC.[Na+]. The van der Waals surface area contributed by atoms with Gasteiger partial charge in [-0.05, 0) is 53.6 Å². The van der Waals surface area contributed by atoms with Crippen molar-refractivity contribution in [2.45, 2.75) is 83.0 Å². The van der Waals surface area contributed by atoms with Gasteiger partial charge in [0.25, 0.3) is 0 Å². The van der Waals surface area contributed by atoms with E-state index in [2.05, 4.69) is 19.9 Å². The van der Waals surface area contributed by atoms with Crippen LogP contribution in [0.5, 0.6) is 0 Å². The fourth-order valence-corrected chi connectivity index (χ4v) is 4.48. The van der Waals surface area contributed by atoms with E-state index in [1.54, 1.807) is 6.07 Å². The molecule has 0 bridgehead atoms. The third-order valence-electron chi connectivity index (χ3n) is 5.06. The van der Waals surface area contributed by atoms with Crippen LogP contribution in [0.1, 0.15) is 76.3 Å². The molecule has 5 heteroatoms. The second-order valence-corrected chi connectivity index (χ2v) is 8.48. The zero-order chi connectivity index (χ0) is 19.0. The molecular formula is C22H31NaO3S. The largest absolute Gasteiger partial charge is 1.00 e. The summed E-state index contributed by atoms with van der Waals surface area (Å²) in [7, 11) is -4.48. The summed E-state index contributed by atoms with van der Waals surface area (Å²) in [5.41, 5.74) is 1.84. The van der Waals surface area contributed by atoms with Gasteiger partial charge in [0.1, 0.15) is 10.1 Å². The van der Waals surface area contributed by atoms with Gasteiger partial charge in [0.2, 0.25) is 0 Å². The van der Waals surface area contributed by atoms with Gasteiger partial charge >= 0.3 is 29.6 Å². The van der Waals surface area contributed by atoms with Crippen LogP contribution < -0.4 is 29.6 Å². The first kappa shape index (κ1) is 24.6. The first-order valence-electron chi connectivity index (χ1n) is 9.98. The predicted octanol–water partition coefficient (Wildman–Crippen LogP) is 2.99. The summed E-state index contributed by atoms with van der Waals surface area (Å²) >= 11 is 0. The number of fused-ring (bicyclic) bond motifs is 1. The molecule has 0 saturated carbocycles. The molecule has 0 radical (unpaired) electrons. The fraction of sp³-hybridized carbons (Fsp3) is 0.545. The Balaban J connectivity index is 0.00000364. The summed E-state index contributed by atoms with van der Waals surface area (Å²) in [6.45, 7) is 4.34. The Morgan fingerprint density at radius 3 is 1.93 bits per heavy atom. The maximum absolute atomic E-state index is 12.0. The Labute approximate surface area is 187 Å². The summed E-state index contributed by atoms with van der Waals surface area (Å²) < 4.78 is 35.9. The Kier molecular flexibility index (Phi) is 11.2. The van der Waals surface area contributed by atoms with Gasteiger partial charge < -0.3 is 4.55 Å². The molecule has 3 nitrogen and oxygen atoms in total. The van der Waals surface area contributed by atoms with Crippen LogP contribution in [0.15, 0.2) is 35.2 Å². The van der Waals surface area contributed by atoms with Crippen molar-refractivity contribution in [2.75, 3.05) is 0 Å². The van der Waals surface area contributed by atoms with Gasteiger partial charge in [-0.3, -0.25) is 0 Å². The van der Waals surface area contributed by atoms with Crippen molar-refractivity contribution in [1.82, 2.24) is 0 Å². The van der Waals surface area contributed by atoms with Crippen molar-refractivity contribution in [3.63, 3.8) is 0 Å². The standard InChI is InChI=1S/C22H32O3S.Na/c1-3-5-7-9-15-20-19-14-12-11-13-18(19)17-22(26(23,24)25)21(20)16-10-8-6-4-2;/h11-14,17H,3-10,15-16H2,1-2H3,(H,23,24,25);/q;+1/p-1. The summed E-state index contributed by atoms with van der Waals surface area (Å²) in [4.78, 5) is -0.00168. The Morgan fingerprint density at radius 1 is 0.815 bits per heavy atom. The van der Waals surface area contributed by atoms with Crippen LogP contribution in [0.25, 0.3) is 10.8 Å². The van der Waals surface area contributed by atoms with Gasteiger partial charge in [0, 0.05) is 0 Å². The van der Waals surface area contributed by atoms with Crippen molar-refractivity contribution in [3.05, 3.63) is 41.5 Å². The first-order chi connectivity index (χ1) is 12.5. The van der Waals surface area contributed by atoms with E-state index in [0.29, 0.717) is 6.42 Å². The monoisotopic (exact) mass is 398 g/mol. The first-order valence-corrected chi connectivity index (χ1v) is 11.4. The van der Waals surface area contributed by atoms with Crippen molar-refractivity contribution in [3.8, 4) is 0 Å². The van der Waals surface area contributed by atoms with Gasteiger partial charge in [-0.1, -0.05) is 76.6 Å². The molecule has 0 aliphatic heterocycles. The summed E-state index contributed by atoms with van der Waals surface area (Å²) in [6.07, 6.45) is 10.3. The van der Waals surface area contributed by atoms with Gasteiger partial charge in [-0.2, -0.15) is 0 Å². The minimum atomic E-state index is -4.48. The fourth-order valence-electron chi connectivity index (χ4n) is 3.68. The molecule has 0 unspecified atom stereocenters. The van der Waals surface area contributed by atoms with Crippen LogP contribution in [-0.4, -0.2) is 13.0 Å². The third kappa shape index (κ3) is 7.17. The molecule has 2 rings (SSSR count). The van der Waals surface area contributed by atoms with Gasteiger partial charge in [-0.15, -0.1) is 0 Å². The van der Waals surface area contributed by atoms with Crippen molar-refractivity contribution in [1.29, 1.82) is 0 Å². The number of rotatable bonds is 11. The summed E-state index contributed by atoms with van der Waals surface area (Å²) in [5, 5.41) is 1.95. The molecule has 27 heavy (non-hydrogen) atoms. The van der Waals surface area contributed by atoms with E-state index in [1.165, 1.54) is 12.8 Å². The molecule has 2 aromatic rings. The Hall–Kier alpha value is -0.390. The van der Waals surface area contributed by atoms with Crippen molar-refractivity contribution in [2.24, 2.45) is 0 Å². The number of hydrogen-bond donors (Lipinski definition) is 0. The zero-order valence-corrected chi connectivity index (χ0v) is 19.9. The topological polar surface area (TPSA) is 57.2 Å². The second kappa shape index (κ2) is 12.2. The number of aryl methyl sites for hydroxylation is 1. The molecule has 0 amide bonds. The van der Waals surface area contributed by atoms with E-state index >= 15 is 0 Å². The van der Waals surface area contributed by atoms with Crippen LogP contribution in [0.3, 0.4) is 0 Å². The van der Waals surface area contributed by atoms with E-state index in [0.717, 1.165) is 66.8 Å². The Morgan fingerprint density at radius 2 is 1.37 bits per heavy atom. The molecule has 0 aromatic heterocycles. The number of benzene rings is 2. The smallest absolute Gasteiger partial charge is 0.744 e. The summed E-state index contributed by atoms with van der Waals surface area (Å²) in [5.74, 6) is 0. The predicted molar refractivity (Wildman–Crippen MR) is 108 cm³/mol. The van der Waals surface area contributed by atoms with E-state index in [4.69, 9.17) is 0 Å². The Bertz CT molecular complexity index is 816. The number of hydrogen-bond acceptors (Lipinski definition) is 3. The van der Waals surface area contributed by atoms with E-state index in [1.807, 2.05) is 18.2 Å². The quantitative estimate of drug-likeness (QED) is 0.332. The minimum absolute atomic E-state index is 0. The van der Waals surface area contributed by atoms with Crippen molar-refractivity contribution >= 4 is 20.9 Å². The average Bonchev–Trinajstić information content (AvgIpc) is 2.61. The molecule has 0 N–H and O–H groups in total. The molecule has 144 valence electrons. The van der Waals surface area contributed by atoms with Gasteiger partial charge in [0.05, 0.1) is 4.90 Å². The molecule has 0 saturated heterocycles. The van der Waals surface area contributed by atoms with Crippen LogP contribution in [0, 0.1) is 0 Å². The van der Waals surface area contributed by atoms with E-state index in [9.17, 15) is 13.0 Å². The zero-order valence-electron chi connectivity index (χ0n) is 17.1. The van der Waals surface area contributed by atoms with Crippen molar-refractivity contribution < 1.29 is 42.5 Å². The molecular weight excluding hydrogens is 367 g/mol. The van der Waals surface area contributed by atoms with Crippen LogP contribution in [0.2, 0.25) is 0 Å².